The lowest BCUT2D eigenvalue weighted by Crippen LogP contribution is -2.38. The van der Waals surface area contributed by atoms with Crippen LogP contribution in [0, 0.1) is 5.92 Å². The molecule has 0 bridgehead atoms. The number of amides is 1. The first-order chi connectivity index (χ1) is 8.81. The summed E-state index contributed by atoms with van der Waals surface area (Å²) < 4.78 is 0. The molecule has 1 aromatic rings. The van der Waals surface area contributed by atoms with Crippen LogP contribution in [0.4, 0.5) is 5.69 Å². The normalized spacial score (nSPS) is 17.7. The van der Waals surface area contributed by atoms with Gasteiger partial charge in [0.2, 0.25) is 5.91 Å². The molecule has 1 aliphatic heterocycles. The van der Waals surface area contributed by atoms with Crippen LogP contribution in [0.1, 0.15) is 18.4 Å². The lowest BCUT2D eigenvalue weighted by molar-refractivity contribution is -0.124. The minimum atomic E-state index is 0.00836. The molecule has 1 unspecified atom stereocenters. The molecule has 3 N–H and O–H groups in total. The first kappa shape index (κ1) is 12.9. The zero-order valence-corrected chi connectivity index (χ0v) is 10.5. The summed E-state index contributed by atoms with van der Waals surface area (Å²) in [6, 6.07) is 8.11. The number of rotatable bonds is 5. The van der Waals surface area contributed by atoms with Gasteiger partial charge in [0, 0.05) is 25.4 Å². The third-order valence-electron chi connectivity index (χ3n) is 3.28. The summed E-state index contributed by atoms with van der Waals surface area (Å²) in [6.07, 6.45) is 2.38. The van der Waals surface area contributed by atoms with Crippen molar-refractivity contribution in [2.24, 2.45) is 5.92 Å². The van der Waals surface area contributed by atoms with Crippen molar-refractivity contribution in [2.45, 2.75) is 19.3 Å². The smallest absolute Gasteiger partial charge is 0.225 e. The van der Waals surface area contributed by atoms with Crippen molar-refractivity contribution in [3.63, 3.8) is 0 Å². The van der Waals surface area contributed by atoms with E-state index in [2.05, 4.69) is 16.7 Å². The Bertz CT molecular complexity index is 407. The minimum absolute atomic E-state index is 0.00836. The third-order valence-corrected chi connectivity index (χ3v) is 3.28. The Labute approximate surface area is 107 Å². The molecule has 0 saturated heterocycles. The summed E-state index contributed by atoms with van der Waals surface area (Å²) in [6.45, 7) is 1.54. The number of benzene rings is 1. The van der Waals surface area contributed by atoms with Gasteiger partial charge in [-0.2, -0.15) is 0 Å². The fraction of sp³-hybridized carbons (Fsp3) is 0.500. The summed E-state index contributed by atoms with van der Waals surface area (Å²) in [4.78, 5) is 12.0. The lowest BCUT2D eigenvalue weighted by Gasteiger charge is -2.25. The van der Waals surface area contributed by atoms with E-state index in [9.17, 15) is 4.79 Å². The SMILES string of the molecule is O=C(NCCCCO)C1CNc2ccccc2C1. The van der Waals surface area contributed by atoms with Crippen molar-refractivity contribution in [3.05, 3.63) is 29.8 Å². The molecule has 1 atom stereocenters. The van der Waals surface area contributed by atoms with Crippen molar-refractivity contribution in [3.8, 4) is 0 Å². The fourth-order valence-electron chi connectivity index (χ4n) is 2.22. The number of fused-ring (bicyclic) bond motifs is 1. The highest BCUT2D eigenvalue weighted by atomic mass is 16.2. The van der Waals surface area contributed by atoms with E-state index in [1.54, 1.807) is 0 Å². The van der Waals surface area contributed by atoms with Gasteiger partial charge in [-0.3, -0.25) is 4.79 Å². The van der Waals surface area contributed by atoms with Gasteiger partial charge in [0.05, 0.1) is 5.92 Å². The van der Waals surface area contributed by atoms with E-state index in [4.69, 9.17) is 5.11 Å². The van der Waals surface area contributed by atoms with Crippen LogP contribution in [-0.2, 0) is 11.2 Å². The highest BCUT2D eigenvalue weighted by molar-refractivity contribution is 5.80. The summed E-state index contributed by atoms with van der Waals surface area (Å²) in [5, 5.41) is 14.9. The van der Waals surface area contributed by atoms with Gasteiger partial charge >= 0.3 is 0 Å². The molecule has 0 aliphatic carbocycles. The number of aliphatic hydroxyl groups is 1. The summed E-state index contributed by atoms with van der Waals surface area (Å²) in [7, 11) is 0. The second kappa shape index (κ2) is 6.40. The molecule has 0 aromatic heterocycles. The molecule has 1 amide bonds. The van der Waals surface area contributed by atoms with E-state index in [-0.39, 0.29) is 18.4 Å². The van der Waals surface area contributed by atoms with E-state index in [1.165, 1.54) is 5.56 Å². The molecular weight excluding hydrogens is 228 g/mol. The van der Waals surface area contributed by atoms with Crippen molar-refractivity contribution in [2.75, 3.05) is 25.0 Å². The van der Waals surface area contributed by atoms with Gasteiger partial charge in [0.15, 0.2) is 0 Å². The third kappa shape index (κ3) is 3.23. The molecule has 0 spiro atoms. The topological polar surface area (TPSA) is 61.4 Å². The second-order valence-corrected chi connectivity index (χ2v) is 4.66. The second-order valence-electron chi connectivity index (χ2n) is 4.66. The van der Waals surface area contributed by atoms with E-state index in [0.29, 0.717) is 13.1 Å². The summed E-state index contributed by atoms with van der Waals surface area (Å²) in [5.41, 5.74) is 2.35. The monoisotopic (exact) mass is 248 g/mol. The van der Waals surface area contributed by atoms with Crippen molar-refractivity contribution < 1.29 is 9.90 Å². The van der Waals surface area contributed by atoms with Crippen molar-refractivity contribution in [1.29, 1.82) is 0 Å². The van der Waals surface area contributed by atoms with Gasteiger partial charge in [-0.1, -0.05) is 18.2 Å². The highest BCUT2D eigenvalue weighted by Crippen LogP contribution is 2.24. The van der Waals surface area contributed by atoms with E-state index in [0.717, 1.165) is 24.9 Å². The molecule has 1 aliphatic rings. The maximum atomic E-state index is 12.0. The van der Waals surface area contributed by atoms with Crippen LogP contribution in [0.25, 0.3) is 0 Å². The molecule has 1 aromatic carbocycles. The van der Waals surface area contributed by atoms with Crippen LogP contribution >= 0.6 is 0 Å². The number of hydrogen-bond donors (Lipinski definition) is 3. The van der Waals surface area contributed by atoms with Gasteiger partial charge in [-0.05, 0) is 30.9 Å². The maximum absolute atomic E-state index is 12.0. The average molecular weight is 248 g/mol. The average Bonchev–Trinajstić information content (AvgIpc) is 2.43. The fourth-order valence-corrected chi connectivity index (χ4v) is 2.22. The summed E-state index contributed by atoms with van der Waals surface area (Å²) in [5.74, 6) is 0.115. The van der Waals surface area contributed by atoms with E-state index < -0.39 is 0 Å². The Kier molecular flexibility index (Phi) is 4.59. The van der Waals surface area contributed by atoms with Gasteiger partial charge in [-0.25, -0.2) is 0 Å². The van der Waals surface area contributed by atoms with Gasteiger partial charge in [0.1, 0.15) is 0 Å². The van der Waals surface area contributed by atoms with Crippen LogP contribution in [0.3, 0.4) is 0 Å². The number of para-hydroxylation sites is 1. The molecule has 2 rings (SSSR count). The predicted octanol–water partition coefficient (Wildman–Crippen LogP) is 1.16. The first-order valence-corrected chi connectivity index (χ1v) is 6.51. The Morgan fingerprint density at radius 2 is 2.22 bits per heavy atom. The zero-order chi connectivity index (χ0) is 12.8. The van der Waals surface area contributed by atoms with E-state index in [1.807, 2.05) is 18.2 Å². The number of nitrogens with one attached hydrogen (secondary N) is 2. The summed E-state index contributed by atoms with van der Waals surface area (Å²) >= 11 is 0. The molecule has 98 valence electrons. The van der Waals surface area contributed by atoms with Crippen LogP contribution in [-0.4, -0.2) is 30.7 Å². The number of carbonyl (C=O) groups excluding carboxylic acids is 1. The van der Waals surface area contributed by atoms with Crippen LogP contribution in [0.2, 0.25) is 0 Å². The van der Waals surface area contributed by atoms with Crippen LogP contribution in [0.5, 0.6) is 0 Å². The minimum Gasteiger partial charge on any atom is -0.396 e. The lowest BCUT2D eigenvalue weighted by atomic mass is 9.93. The van der Waals surface area contributed by atoms with Gasteiger partial charge < -0.3 is 15.7 Å². The van der Waals surface area contributed by atoms with Crippen LogP contribution in [0.15, 0.2) is 24.3 Å². The number of aliphatic hydroxyl groups excluding tert-OH is 1. The molecule has 0 radical (unpaired) electrons. The molecule has 4 heteroatoms. The van der Waals surface area contributed by atoms with Gasteiger partial charge in [-0.15, -0.1) is 0 Å². The van der Waals surface area contributed by atoms with Crippen molar-refractivity contribution >= 4 is 11.6 Å². The van der Waals surface area contributed by atoms with Crippen molar-refractivity contribution in [1.82, 2.24) is 5.32 Å². The van der Waals surface area contributed by atoms with Crippen LogP contribution < -0.4 is 10.6 Å². The standard InChI is InChI=1S/C14H20N2O2/c17-8-4-3-7-15-14(18)12-9-11-5-1-2-6-13(11)16-10-12/h1-2,5-6,12,16-17H,3-4,7-10H2,(H,15,18). The maximum Gasteiger partial charge on any atom is 0.225 e. The Hall–Kier alpha value is -1.55. The number of unbranched alkanes of at least 4 members (excludes halogenated alkanes) is 1. The largest absolute Gasteiger partial charge is 0.396 e. The number of anilines is 1. The molecule has 0 fully saturated rings. The molecular formula is C14H20N2O2. The molecule has 4 nitrogen and oxygen atoms in total. The molecule has 0 saturated carbocycles. The molecule has 1 heterocycles. The van der Waals surface area contributed by atoms with E-state index >= 15 is 0 Å². The zero-order valence-electron chi connectivity index (χ0n) is 10.5. The Morgan fingerprint density at radius 1 is 1.39 bits per heavy atom. The number of carbonyl (C=O) groups is 1. The Balaban J connectivity index is 1.83. The number of hydrogen-bond acceptors (Lipinski definition) is 3. The quantitative estimate of drug-likeness (QED) is 0.685. The Morgan fingerprint density at radius 3 is 3.06 bits per heavy atom. The molecule has 18 heavy (non-hydrogen) atoms. The highest BCUT2D eigenvalue weighted by Gasteiger charge is 2.23. The predicted molar refractivity (Wildman–Crippen MR) is 71.5 cm³/mol. The first-order valence-electron chi connectivity index (χ1n) is 6.51. The van der Waals surface area contributed by atoms with Gasteiger partial charge in [0.25, 0.3) is 0 Å².